The smallest absolute Gasteiger partial charge is 0.103 e. The second kappa shape index (κ2) is 3.83. The number of likely N-dealkylation sites (N-methyl/N-ethyl adjacent to an activating group) is 2. The fourth-order valence-corrected chi connectivity index (χ4v) is 1.91. The molecule has 0 aliphatic carbocycles. The molecule has 1 saturated heterocycles. The maximum absolute atomic E-state index is 2.36. The lowest BCUT2D eigenvalue weighted by atomic mass is 10.1. The Hall–Kier alpha value is -0.660. The zero-order valence-electron chi connectivity index (χ0n) is 8.72. The lowest BCUT2D eigenvalue weighted by Gasteiger charge is -2.21. The Morgan fingerprint density at radius 3 is 1.83 bits per heavy atom. The van der Waals surface area contributed by atoms with Crippen molar-refractivity contribution in [3.63, 3.8) is 0 Å². The third-order valence-electron chi connectivity index (χ3n) is 2.66. The molecule has 0 atom stereocenters. The Labute approximate surface area is 75.8 Å². The lowest BCUT2D eigenvalue weighted by Crippen LogP contribution is -2.18. The van der Waals surface area contributed by atoms with E-state index in [4.69, 9.17) is 0 Å². The minimum atomic E-state index is 1.18. The highest BCUT2D eigenvalue weighted by Crippen LogP contribution is 2.22. The lowest BCUT2D eigenvalue weighted by molar-refractivity contribution is 0.409. The van der Waals surface area contributed by atoms with Crippen LogP contribution in [0.5, 0.6) is 0 Å². The predicted octanol–water partition coefficient (Wildman–Crippen LogP) is 1.90. The molecule has 0 spiro atoms. The largest absolute Gasteiger partial charge is 0.360 e. The molecule has 0 aromatic heterocycles. The van der Waals surface area contributed by atoms with E-state index >= 15 is 0 Å². The first kappa shape index (κ1) is 9.43. The van der Waals surface area contributed by atoms with Crippen LogP contribution in [0.3, 0.4) is 0 Å². The second-order valence-corrected chi connectivity index (χ2v) is 3.48. The fraction of sp³-hybridized carbons (Fsp3) is 0.800. The van der Waals surface area contributed by atoms with E-state index in [1.165, 1.54) is 31.8 Å². The first-order chi connectivity index (χ1) is 5.70. The number of rotatable bonds is 2. The van der Waals surface area contributed by atoms with Crippen molar-refractivity contribution in [3.8, 4) is 0 Å². The van der Waals surface area contributed by atoms with Crippen molar-refractivity contribution < 1.29 is 0 Å². The number of hydrogen-bond acceptors (Lipinski definition) is 2. The molecule has 0 N–H and O–H groups in total. The Morgan fingerprint density at radius 2 is 1.50 bits per heavy atom. The van der Waals surface area contributed by atoms with Crippen molar-refractivity contribution >= 4 is 0 Å². The van der Waals surface area contributed by atoms with Crippen LogP contribution in [0.4, 0.5) is 0 Å². The molecule has 0 unspecified atom stereocenters. The molecule has 0 aromatic carbocycles. The van der Waals surface area contributed by atoms with Gasteiger partial charge in [0.25, 0.3) is 0 Å². The van der Waals surface area contributed by atoms with Crippen molar-refractivity contribution in [1.82, 2.24) is 9.80 Å². The normalized spacial score (nSPS) is 17.5. The Balaban J connectivity index is 2.87. The summed E-state index contributed by atoms with van der Waals surface area (Å²) in [6, 6.07) is 0. The van der Waals surface area contributed by atoms with Gasteiger partial charge in [0, 0.05) is 27.2 Å². The van der Waals surface area contributed by atoms with Crippen LogP contribution in [-0.4, -0.2) is 37.0 Å². The van der Waals surface area contributed by atoms with Gasteiger partial charge in [-0.3, -0.25) is 0 Å². The number of nitrogens with zero attached hydrogens (tertiary/aromatic N) is 2. The van der Waals surface area contributed by atoms with Gasteiger partial charge in [0.2, 0.25) is 0 Å². The zero-order valence-corrected chi connectivity index (χ0v) is 8.72. The van der Waals surface area contributed by atoms with Gasteiger partial charge in [-0.25, -0.2) is 0 Å². The molecular formula is C10H20N2. The van der Waals surface area contributed by atoms with Gasteiger partial charge in [-0.2, -0.15) is 0 Å². The minimum absolute atomic E-state index is 1.18. The van der Waals surface area contributed by atoms with Crippen LogP contribution in [0.1, 0.15) is 26.7 Å². The van der Waals surface area contributed by atoms with Gasteiger partial charge in [-0.15, -0.1) is 0 Å². The van der Waals surface area contributed by atoms with E-state index in [0.717, 1.165) is 0 Å². The summed E-state index contributed by atoms with van der Waals surface area (Å²) in [4.78, 5) is 4.73. The zero-order chi connectivity index (χ0) is 9.14. The molecule has 0 bridgehead atoms. The first-order valence-corrected chi connectivity index (χ1v) is 4.85. The molecule has 70 valence electrons. The highest BCUT2D eigenvalue weighted by Gasteiger charge is 2.20. The summed E-state index contributed by atoms with van der Waals surface area (Å²) in [5, 5.41) is 0. The minimum Gasteiger partial charge on any atom is -0.360 e. The molecular weight excluding hydrogens is 148 g/mol. The molecule has 12 heavy (non-hydrogen) atoms. The molecule has 1 fully saturated rings. The number of allylic oxidation sites excluding steroid dienone is 1. The Morgan fingerprint density at radius 1 is 1.08 bits per heavy atom. The summed E-state index contributed by atoms with van der Waals surface area (Å²) in [6.45, 7) is 6.84. The standard InChI is InChI=1S/C10H20N2/c1-5-9(6-2)10-11(3)7-8-12(10)4/h5-8H2,1-4H3. The van der Waals surface area contributed by atoms with Gasteiger partial charge >= 0.3 is 0 Å². The summed E-state index contributed by atoms with van der Waals surface area (Å²) < 4.78 is 0. The van der Waals surface area contributed by atoms with Gasteiger partial charge < -0.3 is 9.80 Å². The van der Waals surface area contributed by atoms with Crippen LogP contribution in [0.15, 0.2) is 11.4 Å². The monoisotopic (exact) mass is 168 g/mol. The Bertz CT molecular complexity index is 166. The van der Waals surface area contributed by atoms with Crippen LogP contribution in [0.25, 0.3) is 0 Å². The SMILES string of the molecule is CCC(CC)=C1N(C)CCN1C. The highest BCUT2D eigenvalue weighted by atomic mass is 15.4. The third-order valence-corrected chi connectivity index (χ3v) is 2.66. The molecule has 0 amide bonds. The average Bonchev–Trinajstić information content (AvgIpc) is 2.38. The predicted molar refractivity (Wildman–Crippen MR) is 52.9 cm³/mol. The van der Waals surface area contributed by atoms with Gasteiger partial charge in [0.15, 0.2) is 0 Å². The fourth-order valence-electron chi connectivity index (χ4n) is 1.91. The van der Waals surface area contributed by atoms with E-state index in [2.05, 4.69) is 37.7 Å². The summed E-state index contributed by atoms with van der Waals surface area (Å²) >= 11 is 0. The molecule has 1 heterocycles. The van der Waals surface area contributed by atoms with E-state index < -0.39 is 0 Å². The highest BCUT2D eigenvalue weighted by molar-refractivity contribution is 5.14. The van der Waals surface area contributed by atoms with Crippen molar-refractivity contribution in [2.45, 2.75) is 26.7 Å². The van der Waals surface area contributed by atoms with E-state index in [-0.39, 0.29) is 0 Å². The first-order valence-electron chi connectivity index (χ1n) is 4.85. The maximum Gasteiger partial charge on any atom is 0.103 e. The van der Waals surface area contributed by atoms with E-state index in [0.29, 0.717) is 0 Å². The van der Waals surface area contributed by atoms with Crippen molar-refractivity contribution in [1.29, 1.82) is 0 Å². The van der Waals surface area contributed by atoms with Crippen molar-refractivity contribution in [2.75, 3.05) is 27.2 Å². The van der Waals surface area contributed by atoms with Crippen LogP contribution in [0, 0.1) is 0 Å². The summed E-state index contributed by atoms with van der Waals surface area (Å²) in [6.07, 6.45) is 2.36. The van der Waals surface area contributed by atoms with Crippen LogP contribution >= 0.6 is 0 Å². The summed E-state index contributed by atoms with van der Waals surface area (Å²) in [5.41, 5.74) is 1.58. The van der Waals surface area contributed by atoms with Crippen LogP contribution in [0.2, 0.25) is 0 Å². The molecule has 2 heteroatoms. The number of hydrogen-bond donors (Lipinski definition) is 0. The molecule has 2 nitrogen and oxygen atoms in total. The van der Waals surface area contributed by atoms with Crippen molar-refractivity contribution in [3.05, 3.63) is 11.4 Å². The molecule has 0 saturated carbocycles. The maximum atomic E-state index is 2.36. The van der Waals surface area contributed by atoms with Gasteiger partial charge in [0.05, 0.1) is 0 Å². The van der Waals surface area contributed by atoms with Crippen molar-refractivity contribution in [2.24, 2.45) is 0 Å². The van der Waals surface area contributed by atoms with Gasteiger partial charge in [0.1, 0.15) is 5.82 Å². The van der Waals surface area contributed by atoms with E-state index in [1.807, 2.05) is 0 Å². The van der Waals surface area contributed by atoms with E-state index in [9.17, 15) is 0 Å². The molecule has 1 rings (SSSR count). The van der Waals surface area contributed by atoms with Gasteiger partial charge in [-0.1, -0.05) is 13.8 Å². The summed E-state index contributed by atoms with van der Waals surface area (Å²) in [7, 11) is 4.37. The third kappa shape index (κ3) is 1.57. The summed E-state index contributed by atoms with van der Waals surface area (Å²) in [5.74, 6) is 1.46. The average molecular weight is 168 g/mol. The molecule has 0 aromatic rings. The quantitative estimate of drug-likeness (QED) is 0.621. The second-order valence-electron chi connectivity index (χ2n) is 3.48. The Kier molecular flexibility index (Phi) is 3.01. The van der Waals surface area contributed by atoms with Crippen LogP contribution < -0.4 is 0 Å². The molecule has 1 aliphatic heterocycles. The molecule has 0 radical (unpaired) electrons. The van der Waals surface area contributed by atoms with Crippen LogP contribution in [-0.2, 0) is 0 Å². The molecule has 1 aliphatic rings. The topological polar surface area (TPSA) is 6.48 Å². The van der Waals surface area contributed by atoms with Gasteiger partial charge in [-0.05, 0) is 18.4 Å². The van der Waals surface area contributed by atoms with E-state index in [1.54, 1.807) is 5.57 Å².